The van der Waals surface area contributed by atoms with Gasteiger partial charge in [0.05, 0.1) is 7.11 Å². The highest BCUT2D eigenvalue weighted by atomic mass is 16.5. The number of carbonyl (C=O) groups is 1. The fraction of sp³-hybridized carbons (Fsp3) is 0.964. The van der Waals surface area contributed by atoms with Crippen molar-refractivity contribution in [1.29, 1.82) is 0 Å². The number of fused-ring (bicyclic) bond motifs is 5. The number of esters is 1. The first-order chi connectivity index (χ1) is 14.0. The Kier molecular flexibility index (Phi) is 5.67. The standard InChI is InChI=1S/C28H48O2/c1-19(2)20-11-15-26(4)17-18-27(5)21(24(20)26)9-10-22-25(3,16-12-23(29)30-7)13-8-14-28(22,27)6/h19-22,24H,8-18H2,1-7H3/t20-,21+,22+,24+,25+,26+,27+,28+/m0/s1. The number of methoxy groups -OCH3 is 1. The first-order valence-electron chi connectivity index (χ1n) is 13.1. The second-order valence-electron chi connectivity index (χ2n) is 13.3. The summed E-state index contributed by atoms with van der Waals surface area (Å²) >= 11 is 0. The zero-order valence-electron chi connectivity index (χ0n) is 21.0. The highest BCUT2D eigenvalue weighted by Gasteiger charge is 2.67. The van der Waals surface area contributed by atoms with E-state index < -0.39 is 0 Å². The molecule has 0 amide bonds. The quantitative estimate of drug-likeness (QED) is 0.440. The van der Waals surface area contributed by atoms with Gasteiger partial charge in [-0.25, -0.2) is 0 Å². The minimum atomic E-state index is -0.0254. The molecule has 8 atom stereocenters. The van der Waals surface area contributed by atoms with Crippen molar-refractivity contribution in [3.05, 3.63) is 0 Å². The molecular formula is C28H48O2. The molecule has 0 aromatic heterocycles. The predicted molar refractivity (Wildman–Crippen MR) is 124 cm³/mol. The van der Waals surface area contributed by atoms with Gasteiger partial charge in [-0.15, -0.1) is 0 Å². The van der Waals surface area contributed by atoms with Crippen LogP contribution >= 0.6 is 0 Å². The van der Waals surface area contributed by atoms with Crippen LogP contribution in [-0.2, 0) is 9.53 Å². The van der Waals surface area contributed by atoms with Crippen LogP contribution in [0.5, 0.6) is 0 Å². The van der Waals surface area contributed by atoms with Crippen LogP contribution in [0.15, 0.2) is 0 Å². The third-order valence-electron chi connectivity index (χ3n) is 11.9. The van der Waals surface area contributed by atoms with Gasteiger partial charge in [0, 0.05) is 6.42 Å². The Morgan fingerprint density at radius 2 is 1.67 bits per heavy atom. The fourth-order valence-corrected chi connectivity index (χ4v) is 9.98. The van der Waals surface area contributed by atoms with E-state index in [1.807, 2.05) is 0 Å². The van der Waals surface area contributed by atoms with E-state index in [0.29, 0.717) is 28.1 Å². The summed E-state index contributed by atoms with van der Waals surface area (Å²) in [6, 6.07) is 0. The van der Waals surface area contributed by atoms with Gasteiger partial charge in [0.15, 0.2) is 0 Å². The van der Waals surface area contributed by atoms with Crippen molar-refractivity contribution in [3.63, 3.8) is 0 Å². The molecule has 4 saturated carbocycles. The van der Waals surface area contributed by atoms with E-state index in [1.54, 1.807) is 0 Å². The first kappa shape index (κ1) is 22.7. The molecule has 0 heterocycles. The predicted octanol–water partition coefficient (Wildman–Crippen LogP) is 7.65. The van der Waals surface area contributed by atoms with Crippen molar-refractivity contribution in [3.8, 4) is 0 Å². The van der Waals surface area contributed by atoms with Crippen molar-refractivity contribution in [2.45, 2.75) is 112 Å². The van der Waals surface area contributed by atoms with Crippen molar-refractivity contribution in [2.75, 3.05) is 7.11 Å². The van der Waals surface area contributed by atoms with Crippen LogP contribution in [0.25, 0.3) is 0 Å². The van der Waals surface area contributed by atoms with Crippen LogP contribution in [0.2, 0.25) is 0 Å². The maximum absolute atomic E-state index is 12.0. The second-order valence-corrected chi connectivity index (χ2v) is 13.3. The highest BCUT2D eigenvalue weighted by molar-refractivity contribution is 5.69. The molecule has 0 unspecified atom stereocenters. The van der Waals surface area contributed by atoms with E-state index in [9.17, 15) is 4.79 Å². The number of hydrogen-bond donors (Lipinski definition) is 0. The summed E-state index contributed by atoms with van der Waals surface area (Å²) in [5.74, 6) is 4.30. The molecular weight excluding hydrogens is 368 g/mol. The zero-order valence-corrected chi connectivity index (χ0v) is 21.0. The number of hydrogen-bond acceptors (Lipinski definition) is 2. The van der Waals surface area contributed by atoms with Crippen molar-refractivity contribution >= 4 is 5.97 Å². The van der Waals surface area contributed by atoms with Gasteiger partial charge in [-0.05, 0) is 109 Å². The van der Waals surface area contributed by atoms with Crippen LogP contribution in [0, 0.1) is 51.2 Å². The lowest BCUT2D eigenvalue weighted by molar-refractivity contribution is -0.207. The lowest BCUT2D eigenvalue weighted by atomic mass is 9.35. The van der Waals surface area contributed by atoms with Gasteiger partial charge < -0.3 is 4.74 Å². The van der Waals surface area contributed by atoms with Gasteiger partial charge in [-0.2, -0.15) is 0 Å². The summed E-state index contributed by atoms with van der Waals surface area (Å²) < 4.78 is 5.01. The molecule has 0 aliphatic heterocycles. The summed E-state index contributed by atoms with van der Waals surface area (Å²) in [4.78, 5) is 12.0. The van der Waals surface area contributed by atoms with E-state index in [4.69, 9.17) is 4.74 Å². The molecule has 172 valence electrons. The molecule has 0 N–H and O–H groups in total. The second kappa shape index (κ2) is 7.51. The molecule has 2 nitrogen and oxygen atoms in total. The maximum Gasteiger partial charge on any atom is 0.305 e. The van der Waals surface area contributed by atoms with Gasteiger partial charge in [0.2, 0.25) is 0 Å². The summed E-state index contributed by atoms with van der Waals surface area (Å²) in [6.07, 6.45) is 14.2. The van der Waals surface area contributed by atoms with Crippen molar-refractivity contribution < 1.29 is 9.53 Å². The summed E-state index contributed by atoms with van der Waals surface area (Å²) in [7, 11) is 1.54. The van der Waals surface area contributed by atoms with E-state index in [1.165, 1.54) is 64.9 Å². The van der Waals surface area contributed by atoms with Crippen LogP contribution in [0.4, 0.5) is 0 Å². The molecule has 0 spiro atoms. The smallest absolute Gasteiger partial charge is 0.305 e. The first-order valence-corrected chi connectivity index (χ1v) is 13.1. The SMILES string of the molecule is COC(=O)CC[C@@]1(C)CCC[C@]2(C)[C@@H]1CC[C@@H]1[C@H]3[C@H](C(C)C)CC[C@]3(C)CC[C@]12C. The molecule has 0 bridgehead atoms. The molecule has 2 heteroatoms. The van der Waals surface area contributed by atoms with Crippen LogP contribution in [-0.4, -0.2) is 13.1 Å². The lowest BCUT2D eigenvalue weighted by Gasteiger charge is -2.69. The Bertz CT molecular complexity index is 670. The molecule has 0 saturated heterocycles. The Hall–Kier alpha value is -0.530. The molecule has 0 aromatic rings. The van der Waals surface area contributed by atoms with Gasteiger partial charge in [-0.1, -0.05) is 48.0 Å². The van der Waals surface area contributed by atoms with E-state index in [2.05, 4.69) is 41.5 Å². The van der Waals surface area contributed by atoms with Crippen LogP contribution in [0.1, 0.15) is 112 Å². The number of ether oxygens (including phenoxy) is 1. The lowest BCUT2D eigenvalue weighted by Crippen LogP contribution is -2.62. The minimum Gasteiger partial charge on any atom is -0.469 e. The fourth-order valence-electron chi connectivity index (χ4n) is 9.98. The molecule has 4 aliphatic carbocycles. The third-order valence-corrected chi connectivity index (χ3v) is 11.9. The Labute approximate surface area is 186 Å². The zero-order chi connectivity index (χ0) is 21.9. The summed E-state index contributed by atoms with van der Waals surface area (Å²) in [6.45, 7) is 15.5. The number of carbonyl (C=O) groups excluding carboxylic acids is 1. The van der Waals surface area contributed by atoms with Crippen molar-refractivity contribution in [1.82, 2.24) is 0 Å². The normalized spacial score (nSPS) is 50.5. The van der Waals surface area contributed by atoms with E-state index >= 15 is 0 Å². The highest BCUT2D eigenvalue weighted by Crippen LogP contribution is 2.75. The number of rotatable bonds is 4. The van der Waals surface area contributed by atoms with Crippen molar-refractivity contribution in [2.24, 2.45) is 51.2 Å². The Morgan fingerprint density at radius 1 is 0.933 bits per heavy atom. The molecule has 4 fully saturated rings. The van der Waals surface area contributed by atoms with E-state index in [-0.39, 0.29) is 5.97 Å². The Balaban J connectivity index is 1.66. The summed E-state index contributed by atoms with van der Waals surface area (Å²) in [5, 5.41) is 0. The summed E-state index contributed by atoms with van der Waals surface area (Å²) in [5.41, 5.74) is 1.77. The minimum absolute atomic E-state index is 0.0254. The van der Waals surface area contributed by atoms with Gasteiger partial charge in [0.1, 0.15) is 0 Å². The van der Waals surface area contributed by atoms with E-state index in [0.717, 1.165) is 36.0 Å². The largest absolute Gasteiger partial charge is 0.469 e. The third kappa shape index (κ3) is 3.13. The average molecular weight is 417 g/mol. The maximum atomic E-state index is 12.0. The van der Waals surface area contributed by atoms with Gasteiger partial charge >= 0.3 is 5.97 Å². The van der Waals surface area contributed by atoms with Crippen LogP contribution in [0.3, 0.4) is 0 Å². The topological polar surface area (TPSA) is 26.3 Å². The average Bonchev–Trinajstić information content (AvgIpc) is 3.05. The molecule has 30 heavy (non-hydrogen) atoms. The Morgan fingerprint density at radius 3 is 2.33 bits per heavy atom. The monoisotopic (exact) mass is 416 g/mol. The van der Waals surface area contributed by atoms with Gasteiger partial charge in [-0.3, -0.25) is 4.79 Å². The molecule has 0 aromatic carbocycles. The molecule has 4 aliphatic rings. The molecule has 0 radical (unpaired) electrons. The van der Waals surface area contributed by atoms with Crippen LogP contribution < -0.4 is 0 Å². The van der Waals surface area contributed by atoms with Gasteiger partial charge in [0.25, 0.3) is 0 Å². The molecule has 4 rings (SSSR count).